The second-order valence-electron chi connectivity index (χ2n) is 6.67. The third kappa shape index (κ3) is 3.41. The molecule has 2 heterocycles. The fraction of sp³-hybridized carbons (Fsp3) is 0.211. The van der Waals surface area contributed by atoms with Gasteiger partial charge in [0, 0.05) is 12.6 Å². The lowest BCUT2D eigenvalue weighted by molar-refractivity contribution is 0.354. The van der Waals surface area contributed by atoms with Crippen molar-refractivity contribution in [2.45, 2.75) is 24.8 Å². The summed E-state index contributed by atoms with van der Waals surface area (Å²) in [4.78, 5) is 8.85. The molecule has 9 heteroatoms. The second kappa shape index (κ2) is 6.84. The summed E-state index contributed by atoms with van der Waals surface area (Å²) < 4.78 is 34.9. The van der Waals surface area contributed by atoms with E-state index in [2.05, 4.69) is 19.8 Å². The van der Waals surface area contributed by atoms with Gasteiger partial charge in [-0.1, -0.05) is 22.9 Å². The number of fused-ring (bicyclic) bond motifs is 1. The molecule has 0 fully saturated rings. The Morgan fingerprint density at radius 3 is 2.64 bits per heavy atom. The highest BCUT2D eigenvalue weighted by atomic mass is 32.2. The number of nitrogens with zero attached hydrogens (tertiary/aromatic N) is 4. The minimum absolute atomic E-state index is 0.185. The molecule has 2 aromatic heterocycles. The number of aromatic nitrogens is 4. The molecule has 0 aliphatic heterocycles. The summed E-state index contributed by atoms with van der Waals surface area (Å²) in [5, 5.41) is 3.98. The molecule has 2 aromatic carbocycles. The molecule has 1 N–H and O–H groups in total. The molecule has 0 amide bonds. The Bertz CT molecular complexity index is 1240. The molecule has 0 aliphatic rings. The number of sulfonamides is 1. The maximum absolute atomic E-state index is 12.5. The van der Waals surface area contributed by atoms with E-state index >= 15 is 0 Å². The maximum atomic E-state index is 12.5. The first-order chi connectivity index (χ1) is 13.3. The molecule has 0 spiro atoms. The summed E-state index contributed by atoms with van der Waals surface area (Å²) in [6.45, 7) is 3.56. The first-order valence-corrected chi connectivity index (χ1v) is 10.2. The lowest BCUT2D eigenvalue weighted by Gasteiger charge is -2.10. The van der Waals surface area contributed by atoms with E-state index in [1.165, 1.54) is 0 Å². The van der Waals surface area contributed by atoms with Crippen LogP contribution in [-0.2, 0) is 17.1 Å². The third-order valence-electron chi connectivity index (χ3n) is 4.46. The van der Waals surface area contributed by atoms with Crippen molar-refractivity contribution < 1.29 is 12.9 Å². The highest BCUT2D eigenvalue weighted by Gasteiger charge is 2.22. The normalized spacial score (nSPS) is 13.1. The van der Waals surface area contributed by atoms with E-state index in [-0.39, 0.29) is 10.8 Å². The molecule has 0 saturated heterocycles. The summed E-state index contributed by atoms with van der Waals surface area (Å²) >= 11 is 0. The maximum Gasteiger partial charge on any atom is 0.244 e. The molecule has 0 saturated carbocycles. The van der Waals surface area contributed by atoms with Gasteiger partial charge in [0.25, 0.3) is 0 Å². The molecule has 1 unspecified atom stereocenters. The van der Waals surface area contributed by atoms with Crippen LogP contribution in [-0.4, -0.2) is 28.1 Å². The number of imidazole rings is 1. The quantitative estimate of drug-likeness (QED) is 0.555. The zero-order valence-corrected chi connectivity index (χ0v) is 16.4. The molecular weight excluding hydrogens is 378 g/mol. The van der Waals surface area contributed by atoms with Crippen molar-refractivity contribution in [3.63, 3.8) is 0 Å². The van der Waals surface area contributed by atoms with Gasteiger partial charge in [0.1, 0.15) is 0 Å². The van der Waals surface area contributed by atoms with Crippen molar-refractivity contribution in [3.8, 4) is 11.4 Å². The van der Waals surface area contributed by atoms with E-state index < -0.39 is 16.1 Å². The highest BCUT2D eigenvalue weighted by molar-refractivity contribution is 7.89. The SMILES string of the molecule is Cc1ccc(S(=O)(=O)NC(C)c2nc(-c3ccc4c(c3)ncn4C)no2)cc1. The summed E-state index contributed by atoms with van der Waals surface area (Å²) in [7, 11) is -1.78. The van der Waals surface area contributed by atoms with E-state index in [0.29, 0.717) is 5.82 Å². The highest BCUT2D eigenvalue weighted by Crippen LogP contribution is 2.23. The molecule has 144 valence electrons. The Morgan fingerprint density at radius 1 is 1.14 bits per heavy atom. The van der Waals surface area contributed by atoms with Crippen LogP contribution in [0.15, 0.2) is 58.2 Å². The van der Waals surface area contributed by atoms with Crippen molar-refractivity contribution in [3.05, 3.63) is 60.2 Å². The van der Waals surface area contributed by atoms with Crippen LogP contribution in [0.5, 0.6) is 0 Å². The number of hydrogen-bond acceptors (Lipinski definition) is 6. The number of benzene rings is 2. The molecule has 4 aromatic rings. The average molecular weight is 397 g/mol. The first kappa shape index (κ1) is 18.3. The lowest BCUT2D eigenvalue weighted by atomic mass is 10.2. The summed E-state index contributed by atoms with van der Waals surface area (Å²) in [5.74, 6) is 0.566. The first-order valence-electron chi connectivity index (χ1n) is 8.67. The fourth-order valence-electron chi connectivity index (χ4n) is 2.87. The zero-order chi connectivity index (χ0) is 19.9. The fourth-order valence-corrected chi connectivity index (χ4v) is 4.07. The van der Waals surface area contributed by atoms with Crippen LogP contribution in [0.25, 0.3) is 22.4 Å². The molecule has 0 aliphatic carbocycles. The van der Waals surface area contributed by atoms with Crippen LogP contribution in [0.1, 0.15) is 24.4 Å². The van der Waals surface area contributed by atoms with E-state index in [0.717, 1.165) is 22.2 Å². The van der Waals surface area contributed by atoms with Gasteiger partial charge >= 0.3 is 0 Å². The van der Waals surface area contributed by atoms with Crippen molar-refractivity contribution in [1.29, 1.82) is 0 Å². The molecular formula is C19H19N5O3S. The summed E-state index contributed by atoms with van der Waals surface area (Å²) in [6.07, 6.45) is 1.73. The van der Waals surface area contributed by atoms with E-state index in [9.17, 15) is 8.42 Å². The second-order valence-corrected chi connectivity index (χ2v) is 8.39. The topological polar surface area (TPSA) is 103 Å². The number of aryl methyl sites for hydroxylation is 2. The van der Waals surface area contributed by atoms with Gasteiger partial charge in [0.15, 0.2) is 0 Å². The number of nitrogens with one attached hydrogen (secondary N) is 1. The molecule has 0 radical (unpaired) electrons. The van der Waals surface area contributed by atoms with Gasteiger partial charge in [-0.25, -0.2) is 13.4 Å². The number of hydrogen-bond donors (Lipinski definition) is 1. The van der Waals surface area contributed by atoms with Crippen LogP contribution in [0.2, 0.25) is 0 Å². The van der Waals surface area contributed by atoms with Crippen molar-refractivity contribution >= 4 is 21.1 Å². The Labute approximate surface area is 162 Å². The van der Waals surface area contributed by atoms with Crippen LogP contribution in [0.4, 0.5) is 0 Å². The molecule has 8 nitrogen and oxygen atoms in total. The van der Waals surface area contributed by atoms with Crippen molar-refractivity contribution in [2.75, 3.05) is 0 Å². The molecule has 1 atom stereocenters. The van der Waals surface area contributed by atoms with Gasteiger partial charge in [0.2, 0.25) is 21.7 Å². The van der Waals surface area contributed by atoms with Gasteiger partial charge in [-0.05, 0) is 44.2 Å². The lowest BCUT2D eigenvalue weighted by Crippen LogP contribution is -2.27. The Hall–Kier alpha value is -3.04. The van der Waals surface area contributed by atoms with Gasteiger partial charge in [-0.3, -0.25) is 0 Å². The Morgan fingerprint density at radius 2 is 1.89 bits per heavy atom. The predicted molar refractivity (Wildman–Crippen MR) is 104 cm³/mol. The largest absolute Gasteiger partial charge is 0.337 e. The zero-order valence-electron chi connectivity index (χ0n) is 15.6. The van der Waals surface area contributed by atoms with Gasteiger partial charge < -0.3 is 9.09 Å². The Kier molecular flexibility index (Phi) is 4.48. The monoisotopic (exact) mass is 397 g/mol. The van der Waals surface area contributed by atoms with Crippen molar-refractivity contribution in [2.24, 2.45) is 7.05 Å². The van der Waals surface area contributed by atoms with Crippen LogP contribution in [0.3, 0.4) is 0 Å². The smallest absolute Gasteiger partial charge is 0.244 e. The van der Waals surface area contributed by atoms with Crippen LogP contribution >= 0.6 is 0 Å². The summed E-state index contributed by atoms with van der Waals surface area (Å²) in [6, 6.07) is 11.6. The molecule has 4 rings (SSSR count). The van der Waals surface area contributed by atoms with Crippen LogP contribution < -0.4 is 4.72 Å². The van der Waals surface area contributed by atoms with Gasteiger partial charge in [-0.2, -0.15) is 9.71 Å². The number of rotatable bonds is 5. The van der Waals surface area contributed by atoms with Gasteiger partial charge in [0.05, 0.1) is 28.3 Å². The minimum Gasteiger partial charge on any atom is -0.337 e. The van der Waals surface area contributed by atoms with Gasteiger partial charge in [-0.15, -0.1) is 0 Å². The predicted octanol–water partition coefficient (Wildman–Crippen LogP) is 2.97. The average Bonchev–Trinajstić information content (AvgIpc) is 3.29. The summed E-state index contributed by atoms with van der Waals surface area (Å²) in [5.41, 5.74) is 3.54. The minimum atomic E-state index is -3.70. The van der Waals surface area contributed by atoms with E-state index in [4.69, 9.17) is 4.52 Å². The third-order valence-corrected chi connectivity index (χ3v) is 6.02. The molecule has 0 bridgehead atoms. The van der Waals surface area contributed by atoms with Crippen molar-refractivity contribution in [1.82, 2.24) is 24.4 Å². The van der Waals surface area contributed by atoms with E-state index in [1.54, 1.807) is 37.5 Å². The Balaban J connectivity index is 1.56. The van der Waals surface area contributed by atoms with E-state index in [1.807, 2.05) is 36.7 Å². The standard InChI is InChI=1S/C19H19N5O3S/c1-12-4-7-15(8-5-12)28(25,26)23-13(2)19-21-18(22-27-19)14-6-9-17-16(10-14)20-11-24(17)3/h4-11,13,23H,1-3H3. The molecule has 28 heavy (non-hydrogen) atoms. The van der Waals surface area contributed by atoms with Crippen LogP contribution in [0, 0.1) is 6.92 Å².